The van der Waals surface area contributed by atoms with Gasteiger partial charge in [-0.1, -0.05) is 0 Å². The molecule has 178 valence electrons. The number of aromatic nitrogens is 1. The van der Waals surface area contributed by atoms with Crippen LogP contribution in [0.2, 0.25) is 0 Å². The Morgan fingerprint density at radius 1 is 1.24 bits per heavy atom. The van der Waals surface area contributed by atoms with Gasteiger partial charge in [0.2, 0.25) is 0 Å². The Hall–Kier alpha value is -2.49. The molecule has 0 unspecified atom stereocenters. The predicted octanol–water partition coefficient (Wildman–Crippen LogP) is 2.50. The number of aromatic carboxylic acids is 1. The van der Waals surface area contributed by atoms with E-state index in [1.54, 1.807) is 0 Å². The third-order valence-corrected chi connectivity index (χ3v) is 7.32. The number of fused-ring (bicyclic) bond motifs is 1. The van der Waals surface area contributed by atoms with Crippen LogP contribution in [0.1, 0.15) is 53.1 Å². The molecule has 33 heavy (non-hydrogen) atoms. The van der Waals surface area contributed by atoms with Crippen LogP contribution in [0, 0.1) is 18.7 Å². The Balaban J connectivity index is 1.51. The zero-order valence-corrected chi connectivity index (χ0v) is 19.0. The fraction of sp³-hybridized carbons (Fsp3) is 0.583. The lowest BCUT2D eigenvalue weighted by atomic mass is 9.87. The molecule has 9 heteroatoms. The number of piperidine rings is 1. The molecule has 1 saturated carbocycles. The zero-order chi connectivity index (χ0) is 23.3. The number of likely N-dealkylation sites (N-methyl/N-ethyl adjacent to an activating group) is 1. The van der Waals surface area contributed by atoms with Gasteiger partial charge < -0.3 is 24.8 Å². The number of carboxylic acids is 1. The first-order valence-corrected chi connectivity index (χ1v) is 11.7. The average Bonchev–Trinajstić information content (AvgIpc) is 3.53. The molecule has 3 fully saturated rings. The number of anilines is 1. The summed E-state index contributed by atoms with van der Waals surface area (Å²) in [5.74, 6) is -2.01. The van der Waals surface area contributed by atoms with Crippen LogP contribution in [-0.4, -0.2) is 61.2 Å². The summed E-state index contributed by atoms with van der Waals surface area (Å²) in [5, 5.41) is 12.7. The van der Waals surface area contributed by atoms with Crippen molar-refractivity contribution in [2.75, 3.05) is 44.8 Å². The number of pyridine rings is 2. The van der Waals surface area contributed by atoms with Crippen molar-refractivity contribution in [3.63, 3.8) is 0 Å². The number of nitrogens with zero attached hydrogens (tertiary/aromatic N) is 2. The van der Waals surface area contributed by atoms with E-state index in [-0.39, 0.29) is 17.4 Å². The monoisotopic (exact) mass is 459 g/mol. The van der Waals surface area contributed by atoms with E-state index < -0.39 is 23.1 Å². The van der Waals surface area contributed by atoms with Crippen LogP contribution in [-0.2, 0) is 9.47 Å². The van der Waals surface area contributed by atoms with E-state index >= 15 is 4.39 Å². The number of carbonyl (C=O) groups is 1. The van der Waals surface area contributed by atoms with Gasteiger partial charge in [0, 0.05) is 25.6 Å². The van der Waals surface area contributed by atoms with Gasteiger partial charge >= 0.3 is 5.97 Å². The summed E-state index contributed by atoms with van der Waals surface area (Å²) in [6, 6.07) is 1.49. The highest BCUT2D eigenvalue weighted by atomic mass is 19.1. The van der Waals surface area contributed by atoms with E-state index in [1.807, 2.05) is 18.9 Å². The smallest absolute Gasteiger partial charge is 0.341 e. The van der Waals surface area contributed by atoms with Gasteiger partial charge in [-0.15, -0.1) is 0 Å². The fourth-order valence-electron chi connectivity index (χ4n) is 5.63. The zero-order valence-electron chi connectivity index (χ0n) is 19.0. The molecule has 1 aliphatic carbocycles. The highest BCUT2D eigenvalue weighted by molar-refractivity contribution is 5.89. The predicted molar refractivity (Wildman–Crippen MR) is 121 cm³/mol. The molecule has 3 aliphatic rings. The first-order valence-electron chi connectivity index (χ1n) is 11.7. The standard InChI is InChI=1S/C24H30FN3O5/c1-14-20-17(15-3-4-15)11-18(23(30)31)22(29)28(20)12-19(25)21(14)27-7-5-16(6-8-27)24(13-26-2)32-9-10-33-24/h11-12,15-16,26H,3-10,13H2,1-2H3,(H,30,31). The Labute approximate surface area is 191 Å². The molecule has 8 nitrogen and oxygen atoms in total. The number of aryl methyl sites for hydroxylation is 1. The number of hydrogen-bond donors (Lipinski definition) is 2. The molecule has 2 aromatic heterocycles. The van der Waals surface area contributed by atoms with Crippen molar-refractivity contribution in [1.29, 1.82) is 0 Å². The van der Waals surface area contributed by atoms with Crippen LogP contribution in [0.4, 0.5) is 10.1 Å². The summed E-state index contributed by atoms with van der Waals surface area (Å²) in [4.78, 5) is 26.5. The van der Waals surface area contributed by atoms with Gasteiger partial charge in [0.05, 0.1) is 30.6 Å². The Bertz CT molecular complexity index is 1150. The van der Waals surface area contributed by atoms with E-state index in [1.165, 1.54) is 10.5 Å². The quantitative estimate of drug-likeness (QED) is 0.686. The second-order valence-corrected chi connectivity index (χ2v) is 9.37. The second kappa shape index (κ2) is 8.38. The van der Waals surface area contributed by atoms with Crippen LogP contribution < -0.4 is 15.8 Å². The van der Waals surface area contributed by atoms with E-state index in [0.29, 0.717) is 49.6 Å². The summed E-state index contributed by atoms with van der Waals surface area (Å²) in [5.41, 5.74) is 1.63. The van der Waals surface area contributed by atoms with Crippen LogP contribution in [0.3, 0.4) is 0 Å². The molecule has 0 amide bonds. The lowest BCUT2D eigenvalue weighted by Gasteiger charge is -2.42. The molecule has 0 aromatic carbocycles. The molecule has 2 aromatic rings. The maximum atomic E-state index is 15.4. The summed E-state index contributed by atoms with van der Waals surface area (Å²) in [6.45, 7) is 4.90. The molecule has 2 N–H and O–H groups in total. The normalized spacial score (nSPS) is 21.1. The van der Waals surface area contributed by atoms with Crippen LogP contribution in [0.15, 0.2) is 17.1 Å². The van der Waals surface area contributed by atoms with Crippen molar-refractivity contribution < 1.29 is 23.8 Å². The molecule has 0 atom stereocenters. The van der Waals surface area contributed by atoms with Gasteiger partial charge in [-0.3, -0.25) is 9.20 Å². The minimum Gasteiger partial charge on any atom is -0.477 e. The largest absolute Gasteiger partial charge is 0.477 e. The minimum atomic E-state index is -1.28. The Kier molecular flexibility index (Phi) is 5.66. The molecule has 0 spiro atoms. The molecule has 2 aliphatic heterocycles. The van der Waals surface area contributed by atoms with E-state index in [9.17, 15) is 14.7 Å². The summed E-state index contributed by atoms with van der Waals surface area (Å²) < 4.78 is 28.6. The van der Waals surface area contributed by atoms with E-state index in [0.717, 1.165) is 37.4 Å². The summed E-state index contributed by atoms with van der Waals surface area (Å²) in [7, 11) is 1.88. The third-order valence-electron chi connectivity index (χ3n) is 7.32. The maximum Gasteiger partial charge on any atom is 0.341 e. The number of ether oxygens (including phenoxy) is 2. The molecule has 2 saturated heterocycles. The van der Waals surface area contributed by atoms with Crippen LogP contribution >= 0.6 is 0 Å². The number of halogens is 1. The number of nitrogens with one attached hydrogen (secondary N) is 1. The molecular formula is C24H30FN3O5. The van der Waals surface area contributed by atoms with Gasteiger partial charge in [-0.2, -0.15) is 0 Å². The fourth-order valence-corrected chi connectivity index (χ4v) is 5.63. The number of carboxylic acid groups (broad SMARTS) is 1. The molecule has 0 radical (unpaired) electrons. The maximum absolute atomic E-state index is 15.4. The lowest BCUT2D eigenvalue weighted by Crippen LogP contribution is -2.51. The minimum absolute atomic E-state index is 0.204. The van der Waals surface area contributed by atoms with Crippen molar-refractivity contribution in [1.82, 2.24) is 9.72 Å². The van der Waals surface area contributed by atoms with Gasteiger partial charge in [0.1, 0.15) is 5.56 Å². The first-order chi connectivity index (χ1) is 15.9. The van der Waals surface area contributed by atoms with Crippen molar-refractivity contribution in [2.45, 2.75) is 44.3 Å². The topological polar surface area (TPSA) is 92.5 Å². The lowest BCUT2D eigenvalue weighted by molar-refractivity contribution is -0.195. The van der Waals surface area contributed by atoms with Crippen molar-refractivity contribution in [3.05, 3.63) is 45.1 Å². The molecule has 4 heterocycles. The van der Waals surface area contributed by atoms with Gasteiger partial charge in [0.25, 0.3) is 5.56 Å². The first kappa shape index (κ1) is 22.3. The van der Waals surface area contributed by atoms with Crippen molar-refractivity contribution in [3.8, 4) is 0 Å². The third kappa shape index (κ3) is 3.72. The average molecular weight is 460 g/mol. The highest BCUT2D eigenvalue weighted by Gasteiger charge is 2.45. The van der Waals surface area contributed by atoms with E-state index in [4.69, 9.17) is 9.47 Å². The Morgan fingerprint density at radius 3 is 2.48 bits per heavy atom. The van der Waals surface area contributed by atoms with Crippen LogP contribution in [0.5, 0.6) is 0 Å². The second-order valence-electron chi connectivity index (χ2n) is 9.37. The Morgan fingerprint density at radius 2 is 1.91 bits per heavy atom. The number of rotatable bonds is 6. The van der Waals surface area contributed by atoms with Crippen molar-refractivity contribution >= 4 is 17.2 Å². The number of hydrogen-bond acceptors (Lipinski definition) is 6. The molecular weight excluding hydrogens is 429 g/mol. The molecule has 5 rings (SSSR count). The molecule has 0 bridgehead atoms. The summed E-state index contributed by atoms with van der Waals surface area (Å²) in [6.07, 6.45) is 4.64. The van der Waals surface area contributed by atoms with E-state index in [2.05, 4.69) is 5.32 Å². The van der Waals surface area contributed by atoms with Crippen LogP contribution in [0.25, 0.3) is 5.52 Å². The highest BCUT2D eigenvalue weighted by Crippen LogP contribution is 2.44. The van der Waals surface area contributed by atoms with Gasteiger partial charge in [0.15, 0.2) is 11.6 Å². The van der Waals surface area contributed by atoms with Gasteiger partial charge in [-0.05, 0) is 62.8 Å². The SMILES string of the molecule is CNCC1(C2CCN(c3c(F)cn4c(=O)c(C(=O)O)cc(C5CC5)c4c3C)CC2)OCCO1. The summed E-state index contributed by atoms with van der Waals surface area (Å²) >= 11 is 0. The van der Waals surface area contributed by atoms with Crippen molar-refractivity contribution in [2.24, 2.45) is 5.92 Å². The van der Waals surface area contributed by atoms with Gasteiger partial charge in [-0.25, -0.2) is 9.18 Å².